The largest absolute Gasteiger partial charge is 0.495 e. The fourth-order valence-corrected chi connectivity index (χ4v) is 7.26. The lowest BCUT2D eigenvalue weighted by Crippen LogP contribution is -2.38. The molecule has 26 heavy (non-hydrogen) atoms. The number of carbonyl (C=O) groups is 1. The molecule has 0 aromatic heterocycles. The van der Waals surface area contributed by atoms with Gasteiger partial charge in [-0.2, -0.15) is 4.99 Å². The number of benzene rings is 1. The molecule has 0 spiro atoms. The van der Waals surface area contributed by atoms with Gasteiger partial charge in [0.25, 0.3) is 0 Å². The second kappa shape index (κ2) is 7.23. The van der Waals surface area contributed by atoms with Crippen molar-refractivity contribution in [2.75, 3.05) is 23.5 Å². The molecule has 2 saturated heterocycles. The first-order chi connectivity index (χ1) is 12.2. The van der Waals surface area contributed by atoms with Gasteiger partial charge in [-0.05, 0) is 30.5 Å². The number of thioether (sulfide) groups is 1. The van der Waals surface area contributed by atoms with Gasteiger partial charge in [-0.15, -0.1) is 0 Å². The van der Waals surface area contributed by atoms with Gasteiger partial charge in [0.05, 0.1) is 30.3 Å². The summed E-state index contributed by atoms with van der Waals surface area (Å²) in [7, 11) is -1.51. The Morgan fingerprint density at radius 2 is 2.12 bits per heavy atom. The highest BCUT2D eigenvalue weighted by atomic mass is 32.2. The number of anilines is 1. The number of ether oxygens (including phenoxy) is 1. The van der Waals surface area contributed by atoms with Crippen molar-refractivity contribution in [3.05, 3.63) is 23.8 Å². The van der Waals surface area contributed by atoms with Crippen LogP contribution in [0.4, 0.5) is 5.69 Å². The highest BCUT2D eigenvalue weighted by Crippen LogP contribution is 2.44. The number of sulfone groups is 1. The second-order valence-electron chi connectivity index (χ2n) is 7.23. The van der Waals surface area contributed by atoms with Crippen LogP contribution in [0.2, 0.25) is 0 Å². The Morgan fingerprint density at radius 3 is 2.77 bits per heavy atom. The van der Waals surface area contributed by atoms with E-state index < -0.39 is 9.84 Å². The molecule has 2 heterocycles. The molecule has 0 radical (unpaired) electrons. The van der Waals surface area contributed by atoms with E-state index in [1.165, 1.54) is 11.8 Å². The topological polar surface area (TPSA) is 76.0 Å². The van der Waals surface area contributed by atoms with Crippen LogP contribution in [0.3, 0.4) is 0 Å². The number of aliphatic imine (C=N–C) groups is 1. The molecule has 1 amide bonds. The molecular weight excluding hydrogens is 372 g/mol. The molecule has 3 rings (SSSR count). The third-order valence-electron chi connectivity index (χ3n) is 4.46. The molecule has 0 bridgehead atoms. The Balaban J connectivity index is 2.05. The van der Waals surface area contributed by atoms with Gasteiger partial charge >= 0.3 is 0 Å². The zero-order valence-corrected chi connectivity index (χ0v) is 17.1. The summed E-state index contributed by atoms with van der Waals surface area (Å²) in [6.45, 7) is 5.92. The molecule has 0 aliphatic carbocycles. The minimum Gasteiger partial charge on any atom is -0.495 e. The molecule has 1 aromatic carbocycles. The van der Waals surface area contributed by atoms with E-state index in [1.807, 2.05) is 43.9 Å². The summed E-state index contributed by atoms with van der Waals surface area (Å²) < 4.78 is 29.8. The van der Waals surface area contributed by atoms with E-state index in [4.69, 9.17) is 4.74 Å². The van der Waals surface area contributed by atoms with E-state index in [9.17, 15) is 13.2 Å². The first-order valence-corrected chi connectivity index (χ1v) is 11.3. The quantitative estimate of drug-likeness (QED) is 0.779. The number of hydrogen-bond acceptors (Lipinski definition) is 5. The minimum atomic E-state index is -3.09. The predicted molar refractivity (Wildman–Crippen MR) is 106 cm³/mol. The van der Waals surface area contributed by atoms with Crippen LogP contribution in [-0.2, 0) is 14.6 Å². The summed E-state index contributed by atoms with van der Waals surface area (Å²) in [6.07, 6.45) is 0.372. The summed E-state index contributed by atoms with van der Waals surface area (Å²) in [5, 5.41) is 0.459. The van der Waals surface area contributed by atoms with Crippen molar-refractivity contribution < 1.29 is 17.9 Å². The monoisotopic (exact) mass is 396 g/mol. The number of carbonyl (C=O) groups excluding carboxylic acids is 1. The van der Waals surface area contributed by atoms with Gasteiger partial charge in [-0.3, -0.25) is 4.79 Å². The molecule has 0 saturated carbocycles. The Kier molecular flexibility index (Phi) is 5.35. The number of aryl methyl sites for hydroxylation is 1. The number of amides is 1. The standard InChI is InChI=1S/C18H24N2O4S2/c1-11(2)7-17(21)19-18-20(13-8-12(3)5-6-15(13)24-4)14-9-26(22,23)10-16(14)25-18/h5-6,8,11,14,16H,7,9-10H2,1-4H3/t14-,16-/m1/s1. The summed E-state index contributed by atoms with van der Waals surface area (Å²) in [5.41, 5.74) is 1.80. The van der Waals surface area contributed by atoms with E-state index in [0.717, 1.165) is 11.3 Å². The van der Waals surface area contributed by atoms with E-state index in [1.54, 1.807) is 7.11 Å². The Hall–Kier alpha value is -1.54. The highest BCUT2D eigenvalue weighted by molar-refractivity contribution is 8.16. The second-order valence-corrected chi connectivity index (χ2v) is 10.6. The lowest BCUT2D eigenvalue weighted by Gasteiger charge is -2.26. The van der Waals surface area contributed by atoms with Crippen LogP contribution >= 0.6 is 11.8 Å². The molecule has 8 heteroatoms. The van der Waals surface area contributed by atoms with Crippen LogP contribution in [0.5, 0.6) is 5.75 Å². The summed E-state index contributed by atoms with van der Waals surface area (Å²) in [4.78, 5) is 18.5. The van der Waals surface area contributed by atoms with Gasteiger partial charge in [0.1, 0.15) is 5.75 Å². The average Bonchev–Trinajstić information content (AvgIpc) is 2.97. The number of hydrogen-bond donors (Lipinski definition) is 0. The zero-order valence-electron chi connectivity index (χ0n) is 15.4. The fourth-order valence-electron chi connectivity index (χ4n) is 3.34. The normalized spacial score (nSPS) is 25.7. The number of fused-ring (bicyclic) bond motifs is 1. The van der Waals surface area contributed by atoms with Gasteiger partial charge < -0.3 is 9.64 Å². The molecule has 2 atom stereocenters. The van der Waals surface area contributed by atoms with Gasteiger partial charge in [-0.25, -0.2) is 8.42 Å². The number of methoxy groups -OCH3 is 1. The number of nitrogens with zero attached hydrogens (tertiary/aromatic N) is 2. The third kappa shape index (κ3) is 3.91. The van der Waals surface area contributed by atoms with Crippen molar-refractivity contribution in [2.24, 2.45) is 10.9 Å². The zero-order chi connectivity index (χ0) is 19.1. The highest BCUT2D eigenvalue weighted by Gasteiger charge is 2.50. The molecule has 6 nitrogen and oxygen atoms in total. The Labute approximate surface area is 158 Å². The molecule has 2 fully saturated rings. The van der Waals surface area contributed by atoms with E-state index in [0.29, 0.717) is 17.3 Å². The molecule has 0 N–H and O–H groups in total. The predicted octanol–water partition coefficient (Wildman–Crippen LogP) is 2.65. The summed E-state index contributed by atoms with van der Waals surface area (Å²) in [6, 6.07) is 5.52. The van der Waals surface area contributed by atoms with E-state index >= 15 is 0 Å². The summed E-state index contributed by atoms with van der Waals surface area (Å²) in [5.74, 6) is 0.871. The Morgan fingerprint density at radius 1 is 1.38 bits per heavy atom. The fraction of sp³-hybridized carbons (Fsp3) is 0.556. The SMILES string of the molecule is COc1ccc(C)cc1N1C(=NC(=O)CC(C)C)S[C@@H]2CS(=O)(=O)C[C@H]21. The van der Waals surface area contributed by atoms with Gasteiger partial charge in [0, 0.05) is 11.7 Å². The van der Waals surface area contributed by atoms with Crippen molar-refractivity contribution in [3.8, 4) is 5.75 Å². The van der Waals surface area contributed by atoms with Crippen molar-refractivity contribution in [3.63, 3.8) is 0 Å². The van der Waals surface area contributed by atoms with Crippen molar-refractivity contribution >= 4 is 38.4 Å². The van der Waals surface area contributed by atoms with Gasteiger partial charge in [-0.1, -0.05) is 31.7 Å². The van der Waals surface area contributed by atoms with Crippen molar-refractivity contribution in [1.29, 1.82) is 0 Å². The van der Waals surface area contributed by atoms with E-state index in [-0.39, 0.29) is 34.6 Å². The molecule has 2 aliphatic rings. The molecule has 1 aromatic rings. The first kappa shape index (κ1) is 19.2. The average molecular weight is 397 g/mol. The molecule has 0 unspecified atom stereocenters. The number of amidine groups is 1. The third-order valence-corrected chi connectivity index (χ3v) is 7.67. The lowest BCUT2D eigenvalue weighted by molar-refractivity contribution is -0.118. The van der Waals surface area contributed by atoms with E-state index in [2.05, 4.69) is 4.99 Å². The minimum absolute atomic E-state index is 0.0686. The maximum Gasteiger partial charge on any atom is 0.248 e. The lowest BCUT2D eigenvalue weighted by atomic mass is 10.1. The van der Waals surface area contributed by atoms with Crippen LogP contribution in [0.15, 0.2) is 23.2 Å². The maximum atomic E-state index is 12.3. The molecule has 142 valence electrons. The number of rotatable bonds is 4. The van der Waals surface area contributed by atoms with Crippen LogP contribution in [-0.4, -0.2) is 49.4 Å². The van der Waals surface area contributed by atoms with Gasteiger partial charge in [0.2, 0.25) is 5.91 Å². The van der Waals surface area contributed by atoms with Crippen LogP contribution in [0.25, 0.3) is 0 Å². The Bertz CT molecular complexity index is 849. The van der Waals surface area contributed by atoms with Crippen LogP contribution in [0, 0.1) is 12.8 Å². The molecule has 2 aliphatic heterocycles. The molecular formula is C18H24N2O4S2. The van der Waals surface area contributed by atoms with Crippen LogP contribution < -0.4 is 9.64 Å². The maximum absolute atomic E-state index is 12.3. The van der Waals surface area contributed by atoms with Crippen LogP contribution in [0.1, 0.15) is 25.8 Å². The first-order valence-electron chi connectivity index (χ1n) is 8.62. The van der Waals surface area contributed by atoms with Crippen molar-refractivity contribution in [2.45, 2.75) is 38.5 Å². The summed E-state index contributed by atoms with van der Waals surface area (Å²) >= 11 is 1.39. The van der Waals surface area contributed by atoms with Crippen molar-refractivity contribution in [1.82, 2.24) is 0 Å². The van der Waals surface area contributed by atoms with Gasteiger partial charge in [0.15, 0.2) is 15.0 Å². The smallest absolute Gasteiger partial charge is 0.248 e.